The van der Waals surface area contributed by atoms with Gasteiger partial charge in [-0.25, -0.2) is 0 Å². The average Bonchev–Trinajstić information content (AvgIpc) is 3.00. The molecule has 1 unspecified atom stereocenters. The third-order valence-corrected chi connectivity index (χ3v) is 4.19. The van der Waals surface area contributed by atoms with Crippen LogP contribution in [0.5, 0.6) is 5.75 Å². The van der Waals surface area contributed by atoms with Gasteiger partial charge in [0.05, 0.1) is 12.6 Å². The van der Waals surface area contributed by atoms with Gasteiger partial charge in [-0.2, -0.15) is 0 Å². The Morgan fingerprint density at radius 2 is 1.71 bits per heavy atom. The van der Waals surface area contributed by atoms with Crippen molar-refractivity contribution in [2.75, 3.05) is 6.61 Å². The van der Waals surface area contributed by atoms with Crippen LogP contribution in [-0.2, 0) is 12.8 Å². The van der Waals surface area contributed by atoms with Crippen molar-refractivity contribution in [2.45, 2.75) is 38.6 Å². The maximum absolute atomic E-state index is 6.42. The van der Waals surface area contributed by atoms with Gasteiger partial charge in [-0.05, 0) is 60.1 Å². The standard InChI is InChI=1S/C19H23NO/c1-2-12-21-18-10-8-15(9-11-18)19(20)17-7-6-14-4-3-5-16(14)13-17/h6-11,13,19H,2-5,12,20H2,1H3. The van der Waals surface area contributed by atoms with Crippen molar-refractivity contribution in [2.24, 2.45) is 5.73 Å². The highest BCUT2D eigenvalue weighted by Gasteiger charge is 2.14. The molecule has 2 aromatic carbocycles. The molecule has 0 fully saturated rings. The molecule has 2 nitrogen and oxygen atoms in total. The quantitative estimate of drug-likeness (QED) is 0.898. The molecule has 0 spiro atoms. The van der Waals surface area contributed by atoms with Gasteiger partial charge in [0.2, 0.25) is 0 Å². The van der Waals surface area contributed by atoms with Crippen LogP contribution in [0.25, 0.3) is 0 Å². The Morgan fingerprint density at radius 1 is 1.00 bits per heavy atom. The smallest absolute Gasteiger partial charge is 0.119 e. The third kappa shape index (κ3) is 3.11. The number of benzene rings is 2. The maximum Gasteiger partial charge on any atom is 0.119 e. The lowest BCUT2D eigenvalue weighted by Crippen LogP contribution is -2.12. The molecule has 0 aromatic heterocycles. The van der Waals surface area contributed by atoms with Crippen LogP contribution in [0, 0.1) is 0 Å². The first-order chi connectivity index (χ1) is 10.3. The molecule has 0 saturated carbocycles. The lowest BCUT2D eigenvalue weighted by atomic mass is 9.96. The van der Waals surface area contributed by atoms with Gasteiger partial charge >= 0.3 is 0 Å². The van der Waals surface area contributed by atoms with E-state index in [1.165, 1.54) is 36.0 Å². The molecule has 0 saturated heterocycles. The van der Waals surface area contributed by atoms with E-state index >= 15 is 0 Å². The van der Waals surface area contributed by atoms with Gasteiger partial charge in [-0.1, -0.05) is 37.3 Å². The Labute approximate surface area is 126 Å². The predicted molar refractivity (Wildman–Crippen MR) is 86.7 cm³/mol. The summed E-state index contributed by atoms with van der Waals surface area (Å²) in [6.45, 7) is 2.87. The van der Waals surface area contributed by atoms with Crippen LogP contribution in [-0.4, -0.2) is 6.61 Å². The fraction of sp³-hybridized carbons (Fsp3) is 0.368. The normalized spacial score (nSPS) is 14.8. The SMILES string of the molecule is CCCOc1ccc(C(N)c2ccc3c(c2)CCC3)cc1. The van der Waals surface area contributed by atoms with Crippen molar-refractivity contribution in [3.63, 3.8) is 0 Å². The highest BCUT2D eigenvalue weighted by Crippen LogP contribution is 2.28. The van der Waals surface area contributed by atoms with Gasteiger partial charge < -0.3 is 10.5 Å². The van der Waals surface area contributed by atoms with E-state index in [1.807, 2.05) is 12.1 Å². The minimum Gasteiger partial charge on any atom is -0.494 e. The Balaban J connectivity index is 1.76. The first-order valence-electron chi connectivity index (χ1n) is 7.88. The summed E-state index contributed by atoms with van der Waals surface area (Å²) in [7, 11) is 0. The second kappa shape index (κ2) is 6.31. The Morgan fingerprint density at radius 3 is 2.48 bits per heavy atom. The monoisotopic (exact) mass is 281 g/mol. The van der Waals surface area contributed by atoms with Crippen molar-refractivity contribution in [3.8, 4) is 5.75 Å². The lowest BCUT2D eigenvalue weighted by molar-refractivity contribution is 0.317. The van der Waals surface area contributed by atoms with Gasteiger partial charge in [0.25, 0.3) is 0 Å². The summed E-state index contributed by atoms with van der Waals surface area (Å²) in [6.07, 6.45) is 4.71. The van der Waals surface area contributed by atoms with Crippen molar-refractivity contribution >= 4 is 0 Å². The Bertz CT molecular complexity index is 603. The molecule has 2 N–H and O–H groups in total. The number of ether oxygens (including phenoxy) is 1. The van der Waals surface area contributed by atoms with E-state index in [2.05, 4.69) is 37.3 Å². The second-order valence-corrected chi connectivity index (χ2v) is 5.78. The van der Waals surface area contributed by atoms with Crippen LogP contribution in [0.15, 0.2) is 42.5 Å². The molecule has 21 heavy (non-hydrogen) atoms. The fourth-order valence-corrected chi connectivity index (χ4v) is 2.97. The summed E-state index contributed by atoms with van der Waals surface area (Å²) < 4.78 is 5.62. The van der Waals surface area contributed by atoms with Crippen LogP contribution in [0.1, 0.15) is 48.1 Å². The molecule has 1 aliphatic carbocycles. The molecular weight excluding hydrogens is 258 g/mol. The summed E-state index contributed by atoms with van der Waals surface area (Å²) in [5.41, 5.74) is 11.7. The highest BCUT2D eigenvalue weighted by atomic mass is 16.5. The molecule has 0 radical (unpaired) electrons. The van der Waals surface area contributed by atoms with E-state index in [0.29, 0.717) is 0 Å². The van der Waals surface area contributed by atoms with E-state index in [9.17, 15) is 0 Å². The van der Waals surface area contributed by atoms with Gasteiger partial charge in [0.1, 0.15) is 5.75 Å². The summed E-state index contributed by atoms with van der Waals surface area (Å²) in [4.78, 5) is 0. The van der Waals surface area contributed by atoms with Crippen molar-refractivity contribution in [1.29, 1.82) is 0 Å². The molecule has 0 aliphatic heterocycles. The zero-order valence-electron chi connectivity index (χ0n) is 12.6. The Kier molecular flexibility index (Phi) is 4.26. The molecule has 2 heteroatoms. The van der Waals surface area contributed by atoms with Crippen molar-refractivity contribution in [1.82, 2.24) is 0 Å². The summed E-state index contributed by atoms with van der Waals surface area (Å²) in [5, 5.41) is 0. The number of nitrogens with two attached hydrogens (primary N) is 1. The third-order valence-electron chi connectivity index (χ3n) is 4.19. The van der Waals surface area contributed by atoms with Gasteiger partial charge in [0, 0.05) is 0 Å². The molecule has 1 aliphatic rings. The topological polar surface area (TPSA) is 35.2 Å². The second-order valence-electron chi connectivity index (χ2n) is 5.78. The molecular formula is C19H23NO. The Hall–Kier alpha value is -1.80. The fourth-order valence-electron chi connectivity index (χ4n) is 2.97. The number of hydrogen-bond donors (Lipinski definition) is 1. The van der Waals surface area contributed by atoms with Gasteiger partial charge in [-0.3, -0.25) is 0 Å². The van der Waals surface area contributed by atoms with Gasteiger partial charge in [0.15, 0.2) is 0 Å². The van der Waals surface area contributed by atoms with E-state index < -0.39 is 0 Å². The summed E-state index contributed by atoms with van der Waals surface area (Å²) in [5.74, 6) is 0.918. The molecule has 110 valence electrons. The van der Waals surface area contributed by atoms with Crippen LogP contribution in [0.2, 0.25) is 0 Å². The number of aryl methyl sites for hydroxylation is 2. The first-order valence-corrected chi connectivity index (χ1v) is 7.88. The van der Waals surface area contributed by atoms with E-state index in [1.54, 1.807) is 0 Å². The van der Waals surface area contributed by atoms with Crippen LogP contribution >= 0.6 is 0 Å². The molecule has 0 bridgehead atoms. The van der Waals surface area contributed by atoms with E-state index in [4.69, 9.17) is 10.5 Å². The minimum absolute atomic E-state index is 0.0591. The predicted octanol–water partition coefficient (Wildman–Crippen LogP) is 4.01. The van der Waals surface area contributed by atoms with Crippen LogP contribution in [0.3, 0.4) is 0 Å². The molecule has 0 amide bonds. The van der Waals surface area contributed by atoms with Crippen molar-refractivity contribution < 1.29 is 4.74 Å². The maximum atomic E-state index is 6.42. The zero-order valence-corrected chi connectivity index (χ0v) is 12.6. The molecule has 1 atom stereocenters. The van der Waals surface area contributed by atoms with Gasteiger partial charge in [-0.15, -0.1) is 0 Å². The highest BCUT2D eigenvalue weighted by molar-refractivity contribution is 5.40. The van der Waals surface area contributed by atoms with E-state index in [-0.39, 0.29) is 6.04 Å². The number of fused-ring (bicyclic) bond motifs is 1. The number of hydrogen-bond acceptors (Lipinski definition) is 2. The summed E-state index contributed by atoms with van der Waals surface area (Å²) >= 11 is 0. The lowest BCUT2D eigenvalue weighted by Gasteiger charge is -2.15. The van der Waals surface area contributed by atoms with Crippen LogP contribution in [0.4, 0.5) is 0 Å². The molecule has 2 aromatic rings. The van der Waals surface area contributed by atoms with E-state index in [0.717, 1.165) is 24.3 Å². The molecule has 3 rings (SSSR count). The average molecular weight is 281 g/mol. The zero-order chi connectivity index (χ0) is 14.7. The largest absolute Gasteiger partial charge is 0.494 e. The first kappa shape index (κ1) is 14.2. The number of rotatable bonds is 5. The van der Waals surface area contributed by atoms with Crippen LogP contribution < -0.4 is 10.5 Å². The summed E-state index contributed by atoms with van der Waals surface area (Å²) in [6, 6.07) is 14.8. The van der Waals surface area contributed by atoms with Crippen molar-refractivity contribution in [3.05, 3.63) is 64.7 Å². The molecule has 0 heterocycles. The minimum atomic E-state index is -0.0591.